The van der Waals surface area contributed by atoms with Crippen molar-refractivity contribution in [3.8, 4) is 0 Å². The first kappa shape index (κ1) is 15.0. The maximum atomic E-state index is 11.2. The summed E-state index contributed by atoms with van der Waals surface area (Å²) in [5.74, 6) is 0.981. The molecule has 0 bridgehead atoms. The molecule has 2 N–H and O–H groups in total. The first-order valence-corrected chi connectivity index (χ1v) is 8.22. The van der Waals surface area contributed by atoms with Gasteiger partial charge in [-0.05, 0) is 52.7 Å². The minimum Gasteiger partial charge on any atom is -0.387 e. The molecule has 2 aliphatic heterocycles. The van der Waals surface area contributed by atoms with Gasteiger partial charge in [-0.25, -0.2) is 4.98 Å². The summed E-state index contributed by atoms with van der Waals surface area (Å²) in [6.07, 6.45) is 7.58. The van der Waals surface area contributed by atoms with E-state index in [4.69, 9.17) is 0 Å². The number of H-pyrrole nitrogens is 1. The molecule has 5 heteroatoms. The molecule has 2 saturated heterocycles. The van der Waals surface area contributed by atoms with E-state index in [1.54, 1.807) is 0 Å². The lowest BCUT2D eigenvalue weighted by molar-refractivity contribution is -0.107. The van der Waals surface area contributed by atoms with E-state index in [0.717, 1.165) is 57.0 Å². The van der Waals surface area contributed by atoms with E-state index < -0.39 is 5.60 Å². The smallest absolute Gasteiger partial charge is 0.120 e. The molecule has 2 atom stereocenters. The molecular weight excluding hydrogens is 264 g/mol. The molecule has 2 aliphatic rings. The van der Waals surface area contributed by atoms with Crippen molar-refractivity contribution < 1.29 is 5.11 Å². The van der Waals surface area contributed by atoms with Gasteiger partial charge in [0.1, 0.15) is 5.82 Å². The van der Waals surface area contributed by atoms with E-state index in [0.29, 0.717) is 6.04 Å². The number of rotatable bonds is 4. The summed E-state index contributed by atoms with van der Waals surface area (Å²) in [4.78, 5) is 12.3. The Kier molecular flexibility index (Phi) is 4.33. The van der Waals surface area contributed by atoms with E-state index in [1.165, 1.54) is 12.8 Å². The van der Waals surface area contributed by atoms with Gasteiger partial charge in [0.2, 0.25) is 0 Å². The maximum Gasteiger partial charge on any atom is 0.120 e. The van der Waals surface area contributed by atoms with Gasteiger partial charge in [0, 0.05) is 24.5 Å². The highest BCUT2D eigenvalue weighted by atomic mass is 16.3. The molecule has 118 valence electrons. The second-order valence-corrected chi connectivity index (χ2v) is 6.94. The number of fused-ring (bicyclic) bond motifs is 1. The van der Waals surface area contributed by atoms with Gasteiger partial charge in [-0.2, -0.15) is 0 Å². The summed E-state index contributed by atoms with van der Waals surface area (Å²) >= 11 is 0. The zero-order chi connectivity index (χ0) is 14.9. The Hall–Kier alpha value is -0.910. The van der Waals surface area contributed by atoms with Gasteiger partial charge >= 0.3 is 0 Å². The van der Waals surface area contributed by atoms with Crippen molar-refractivity contribution in [3.05, 3.63) is 17.7 Å². The third kappa shape index (κ3) is 3.30. The van der Waals surface area contributed by atoms with Crippen LogP contribution in [0, 0.1) is 6.92 Å². The topological polar surface area (TPSA) is 55.4 Å². The Bertz CT molecular complexity index is 473. The zero-order valence-electron chi connectivity index (χ0n) is 13.3. The normalized spacial score (nSPS) is 30.6. The Morgan fingerprint density at radius 1 is 1.43 bits per heavy atom. The lowest BCUT2D eigenvalue weighted by atomic mass is 9.79. The lowest BCUT2D eigenvalue weighted by Gasteiger charge is -2.50. The molecule has 0 saturated carbocycles. The average molecular weight is 292 g/mol. The fourth-order valence-electron chi connectivity index (χ4n) is 4.13. The van der Waals surface area contributed by atoms with E-state index in [9.17, 15) is 5.11 Å². The average Bonchev–Trinajstić information content (AvgIpc) is 2.84. The summed E-state index contributed by atoms with van der Waals surface area (Å²) in [5, 5.41) is 11.2. The molecule has 3 rings (SSSR count). The number of nitrogens with zero attached hydrogens (tertiary/aromatic N) is 3. The molecule has 1 aromatic rings. The van der Waals surface area contributed by atoms with Crippen LogP contribution in [-0.4, -0.2) is 63.2 Å². The van der Waals surface area contributed by atoms with E-state index in [2.05, 4.69) is 26.8 Å². The number of hydrogen-bond donors (Lipinski definition) is 2. The molecule has 2 fully saturated rings. The van der Waals surface area contributed by atoms with Crippen LogP contribution in [0.5, 0.6) is 0 Å². The molecule has 5 nitrogen and oxygen atoms in total. The van der Waals surface area contributed by atoms with Crippen LogP contribution in [-0.2, 0) is 6.54 Å². The van der Waals surface area contributed by atoms with Crippen molar-refractivity contribution in [2.75, 3.05) is 26.7 Å². The van der Waals surface area contributed by atoms with Crippen LogP contribution in [0.25, 0.3) is 0 Å². The first-order valence-electron chi connectivity index (χ1n) is 8.22. The van der Waals surface area contributed by atoms with Crippen LogP contribution in [0.2, 0.25) is 0 Å². The predicted octanol–water partition coefficient (Wildman–Crippen LogP) is 1.53. The van der Waals surface area contributed by atoms with Crippen molar-refractivity contribution in [2.24, 2.45) is 0 Å². The first-order chi connectivity index (χ1) is 10.1. The Balaban J connectivity index is 1.63. The van der Waals surface area contributed by atoms with Gasteiger partial charge in [-0.3, -0.25) is 9.80 Å². The molecule has 0 unspecified atom stereocenters. The molecule has 0 aliphatic carbocycles. The second-order valence-electron chi connectivity index (χ2n) is 6.94. The van der Waals surface area contributed by atoms with Gasteiger partial charge in [0.15, 0.2) is 0 Å². The number of aryl methyl sites for hydroxylation is 1. The Morgan fingerprint density at radius 2 is 2.24 bits per heavy atom. The van der Waals surface area contributed by atoms with Gasteiger partial charge in [0.05, 0.1) is 12.1 Å². The Labute approximate surface area is 127 Å². The summed E-state index contributed by atoms with van der Waals surface area (Å²) in [6, 6.07) is 0.348. The van der Waals surface area contributed by atoms with E-state index >= 15 is 0 Å². The quantitative estimate of drug-likeness (QED) is 0.883. The van der Waals surface area contributed by atoms with Crippen LogP contribution in [0.15, 0.2) is 6.20 Å². The molecule has 21 heavy (non-hydrogen) atoms. The molecule has 0 radical (unpaired) electrons. The van der Waals surface area contributed by atoms with Crippen LogP contribution in [0.4, 0.5) is 0 Å². The van der Waals surface area contributed by atoms with Crippen LogP contribution >= 0.6 is 0 Å². The van der Waals surface area contributed by atoms with E-state index in [1.807, 2.05) is 13.1 Å². The fourth-order valence-corrected chi connectivity index (χ4v) is 4.13. The number of hydrogen-bond acceptors (Lipinski definition) is 4. The fraction of sp³-hybridized carbons (Fsp3) is 0.812. The SMILES string of the molecule is Cc1cnc(CN(C)C[C@]2(O)CCCN3CCCC[C@@H]32)[nH]1. The third-order valence-electron chi connectivity index (χ3n) is 5.01. The minimum absolute atomic E-state index is 0.348. The van der Waals surface area contributed by atoms with Crippen molar-refractivity contribution in [3.63, 3.8) is 0 Å². The molecule has 0 aromatic carbocycles. The van der Waals surface area contributed by atoms with Crippen molar-refractivity contribution in [1.82, 2.24) is 19.8 Å². The summed E-state index contributed by atoms with van der Waals surface area (Å²) in [6.45, 7) is 5.84. The monoisotopic (exact) mass is 292 g/mol. The van der Waals surface area contributed by atoms with Gasteiger partial charge in [-0.15, -0.1) is 0 Å². The largest absolute Gasteiger partial charge is 0.387 e. The van der Waals surface area contributed by atoms with Crippen LogP contribution in [0.1, 0.15) is 43.6 Å². The number of imidazole rings is 1. The predicted molar refractivity (Wildman–Crippen MR) is 83.1 cm³/mol. The molecule has 0 amide bonds. The van der Waals surface area contributed by atoms with Crippen molar-refractivity contribution in [1.29, 1.82) is 0 Å². The third-order valence-corrected chi connectivity index (χ3v) is 5.01. The lowest BCUT2D eigenvalue weighted by Crippen LogP contribution is -2.62. The maximum absolute atomic E-state index is 11.2. The highest BCUT2D eigenvalue weighted by Crippen LogP contribution is 2.34. The summed E-state index contributed by atoms with van der Waals surface area (Å²) < 4.78 is 0. The number of likely N-dealkylation sites (N-methyl/N-ethyl adjacent to an activating group) is 1. The van der Waals surface area contributed by atoms with Crippen molar-refractivity contribution >= 4 is 0 Å². The highest BCUT2D eigenvalue weighted by molar-refractivity contribution is 5.02. The standard InChI is InChI=1S/C16H28N4O/c1-13-10-17-15(18-13)11-19(2)12-16(21)7-5-9-20-8-4-3-6-14(16)20/h10,14,21H,3-9,11-12H2,1-2H3,(H,17,18)/t14-,16-/m1/s1. The minimum atomic E-state index is -0.560. The van der Waals surface area contributed by atoms with Gasteiger partial charge in [-0.1, -0.05) is 6.42 Å². The second kappa shape index (κ2) is 6.07. The number of aliphatic hydroxyl groups is 1. The van der Waals surface area contributed by atoms with Crippen LogP contribution in [0.3, 0.4) is 0 Å². The summed E-state index contributed by atoms with van der Waals surface area (Å²) in [7, 11) is 2.08. The molecule has 3 heterocycles. The molecule has 1 aromatic heterocycles. The zero-order valence-corrected chi connectivity index (χ0v) is 13.3. The van der Waals surface area contributed by atoms with E-state index in [-0.39, 0.29) is 0 Å². The number of aromatic amines is 1. The number of nitrogens with one attached hydrogen (secondary N) is 1. The van der Waals surface area contributed by atoms with Crippen molar-refractivity contribution in [2.45, 2.75) is 57.2 Å². The van der Waals surface area contributed by atoms with Gasteiger partial charge < -0.3 is 10.1 Å². The number of piperidine rings is 2. The molecular formula is C16H28N4O. The summed E-state index contributed by atoms with van der Waals surface area (Å²) in [5.41, 5.74) is 0.530. The highest BCUT2D eigenvalue weighted by Gasteiger charge is 2.44. The van der Waals surface area contributed by atoms with Gasteiger partial charge in [0.25, 0.3) is 0 Å². The molecule has 0 spiro atoms. The number of aromatic nitrogens is 2. The van der Waals surface area contributed by atoms with Crippen LogP contribution < -0.4 is 0 Å². The Morgan fingerprint density at radius 3 is 3.00 bits per heavy atom.